The van der Waals surface area contributed by atoms with Crippen molar-refractivity contribution in [2.75, 3.05) is 24.9 Å². The van der Waals surface area contributed by atoms with Gasteiger partial charge in [-0.2, -0.15) is 13.8 Å². The highest BCUT2D eigenvalue weighted by molar-refractivity contribution is 6.01. The molecule has 1 aromatic carbocycles. The Morgan fingerprint density at radius 2 is 1.67 bits per heavy atom. The fourth-order valence-electron chi connectivity index (χ4n) is 3.50. The Balaban J connectivity index is 0.000000405. The summed E-state index contributed by atoms with van der Waals surface area (Å²) in [5.41, 5.74) is 1.59. The van der Waals surface area contributed by atoms with Gasteiger partial charge in [0.25, 0.3) is 0 Å². The van der Waals surface area contributed by atoms with Gasteiger partial charge >= 0.3 is 12.6 Å². The lowest BCUT2D eigenvalue weighted by Gasteiger charge is -2.19. The van der Waals surface area contributed by atoms with E-state index in [-0.39, 0.29) is 17.5 Å². The molecule has 1 aliphatic rings. The Morgan fingerprint density at radius 1 is 1.00 bits per heavy atom. The van der Waals surface area contributed by atoms with Crippen molar-refractivity contribution in [1.82, 2.24) is 4.98 Å². The van der Waals surface area contributed by atoms with E-state index in [1.54, 1.807) is 12.1 Å². The van der Waals surface area contributed by atoms with Gasteiger partial charge in [-0.15, -0.1) is 0 Å². The fourth-order valence-corrected chi connectivity index (χ4v) is 3.50. The first-order valence-electron chi connectivity index (χ1n) is 11.0. The summed E-state index contributed by atoms with van der Waals surface area (Å²) in [6, 6.07) is 9.53. The molecule has 2 aromatic rings. The maximum Gasteiger partial charge on any atom is 0.388 e. The molecule has 3 rings (SSSR count). The number of aromatic nitrogens is 1. The van der Waals surface area contributed by atoms with Gasteiger partial charge in [-0.3, -0.25) is 0 Å². The fraction of sp³-hybridized carbons (Fsp3) is 0.500. The van der Waals surface area contributed by atoms with E-state index in [0.717, 1.165) is 5.56 Å². The molecule has 0 bridgehead atoms. The number of pyridine rings is 1. The average molecular weight is 466 g/mol. The molecule has 182 valence electrons. The highest BCUT2D eigenvalue weighted by Crippen LogP contribution is 2.28. The standard InChI is InChI=1S/C17H19F2N3O3.C7H14O/c1-10(2)11-6-4-5-7-12(11)20-17(23)21-13-8-9-14(24-3)22-15(13)25-16(18)19;1-8-7-5-3-2-4-6-7/h4-10,16H,1-3H3,(H2,20,21,23);7H,2-6H2,1H3. The lowest BCUT2D eigenvalue weighted by molar-refractivity contribution is -0.0525. The molecule has 0 unspecified atom stereocenters. The monoisotopic (exact) mass is 465 g/mol. The van der Waals surface area contributed by atoms with Crippen molar-refractivity contribution in [3.05, 3.63) is 42.0 Å². The Hall–Kier alpha value is -2.94. The molecule has 1 heterocycles. The smallest absolute Gasteiger partial charge is 0.388 e. The number of nitrogens with one attached hydrogen (secondary N) is 2. The number of rotatable bonds is 7. The summed E-state index contributed by atoms with van der Waals surface area (Å²) in [6.07, 6.45) is 7.33. The van der Waals surface area contributed by atoms with Crippen LogP contribution in [0.3, 0.4) is 0 Å². The van der Waals surface area contributed by atoms with E-state index in [4.69, 9.17) is 9.47 Å². The van der Waals surface area contributed by atoms with Crippen LogP contribution in [-0.2, 0) is 4.74 Å². The number of halogens is 2. The largest absolute Gasteiger partial charge is 0.481 e. The first-order chi connectivity index (χ1) is 15.8. The molecule has 1 saturated carbocycles. The van der Waals surface area contributed by atoms with Gasteiger partial charge in [0.05, 0.1) is 13.2 Å². The summed E-state index contributed by atoms with van der Waals surface area (Å²) in [6.45, 7) is 0.922. The number of hydrogen-bond acceptors (Lipinski definition) is 5. The Morgan fingerprint density at radius 3 is 2.24 bits per heavy atom. The van der Waals surface area contributed by atoms with Crippen molar-refractivity contribution >= 4 is 17.4 Å². The van der Waals surface area contributed by atoms with Crippen molar-refractivity contribution < 1.29 is 27.8 Å². The predicted octanol–water partition coefficient (Wildman–Crippen LogP) is 6.42. The van der Waals surface area contributed by atoms with Crippen LogP contribution in [0, 0.1) is 0 Å². The second-order valence-corrected chi connectivity index (χ2v) is 7.90. The van der Waals surface area contributed by atoms with Crippen LogP contribution >= 0.6 is 0 Å². The van der Waals surface area contributed by atoms with Gasteiger partial charge in [-0.05, 0) is 36.5 Å². The van der Waals surface area contributed by atoms with E-state index in [1.165, 1.54) is 51.3 Å². The number of carbonyl (C=O) groups excluding carboxylic acids is 1. The van der Waals surface area contributed by atoms with Crippen molar-refractivity contribution in [1.29, 1.82) is 0 Å². The van der Waals surface area contributed by atoms with Gasteiger partial charge < -0.3 is 24.8 Å². The number of ether oxygens (including phenoxy) is 3. The molecule has 1 aromatic heterocycles. The third kappa shape index (κ3) is 8.84. The summed E-state index contributed by atoms with van der Waals surface area (Å²) in [7, 11) is 3.16. The van der Waals surface area contributed by atoms with Gasteiger partial charge in [-0.1, -0.05) is 51.3 Å². The van der Waals surface area contributed by atoms with Crippen LogP contribution in [0.4, 0.5) is 25.0 Å². The van der Waals surface area contributed by atoms with Crippen molar-refractivity contribution in [3.8, 4) is 11.8 Å². The normalized spacial score (nSPS) is 13.8. The molecule has 0 spiro atoms. The van der Waals surface area contributed by atoms with Crippen LogP contribution in [0.2, 0.25) is 0 Å². The lowest BCUT2D eigenvalue weighted by Crippen LogP contribution is -2.21. The molecule has 1 aliphatic carbocycles. The molecule has 0 saturated heterocycles. The number of nitrogens with zero attached hydrogens (tertiary/aromatic N) is 1. The first kappa shape index (κ1) is 26.3. The zero-order valence-electron chi connectivity index (χ0n) is 19.6. The molecule has 2 amide bonds. The summed E-state index contributed by atoms with van der Waals surface area (Å²) >= 11 is 0. The minimum absolute atomic E-state index is 0.000582. The highest BCUT2D eigenvalue weighted by Gasteiger charge is 2.16. The topological polar surface area (TPSA) is 81.7 Å². The maximum atomic E-state index is 12.5. The van der Waals surface area contributed by atoms with Gasteiger partial charge in [-0.25, -0.2) is 4.79 Å². The molecular formula is C24H33F2N3O4. The molecule has 0 aliphatic heterocycles. The Kier molecular flexibility index (Phi) is 10.8. The quantitative estimate of drug-likeness (QED) is 0.493. The van der Waals surface area contributed by atoms with E-state index >= 15 is 0 Å². The molecule has 2 N–H and O–H groups in total. The number of carbonyl (C=O) groups is 1. The molecular weight excluding hydrogens is 432 g/mol. The summed E-state index contributed by atoms with van der Waals surface area (Å²) in [4.78, 5) is 16.0. The van der Waals surface area contributed by atoms with E-state index in [1.807, 2.05) is 33.1 Å². The highest BCUT2D eigenvalue weighted by atomic mass is 19.3. The summed E-state index contributed by atoms with van der Waals surface area (Å²) < 4.78 is 39.5. The number of hydrogen-bond donors (Lipinski definition) is 2. The molecule has 7 nitrogen and oxygen atoms in total. The maximum absolute atomic E-state index is 12.5. The van der Waals surface area contributed by atoms with E-state index < -0.39 is 18.5 Å². The third-order valence-electron chi connectivity index (χ3n) is 5.21. The number of alkyl halides is 2. The minimum atomic E-state index is -3.08. The van der Waals surface area contributed by atoms with Crippen molar-refractivity contribution in [2.24, 2.45) is 0 Å². The molecule has 1 fully saturated rings. The SMILES string of the molecule is COC1CCCCC1.COc1ccc(NC(=O)Nc2ccccc2C(C)C)c(OC(F)F)n1. The van der Waals surface area contributed by atoms with Gasteiger partial charge in [0, 0.05) is 18.9 Å². The average Bonchev–Trinajstić information content (AvgIpc) is 2.81. The zero-order chi connectivity index (χ0) is 24.2. The molecule has 9 heteroatoms. The number of urea groups is 1. The van der Waals surface area contributed by atoms with E-state index in [2.05, 4.69) is 20.4 Å². The number of anilines is 2. The third-order valence-corrected chi connectivity index (χ3v) is 5.21. The first-order valence-corrected chi connectivity index (χ1v) is 11.0. The van der Waals surface area contributed by atoms with Crippen LogP contribution in [0.25, 0.3) is 0 Å². The Bertz CT molecular complexity index is 875. The van der Waals surface area contributed by atoms with E-state index in [0.29, 0.717) is 11.8 Å². The van der Waals surface area contributed by atoms with Crippen LogP contribution in [0.5, 0.6) is 11.8 Å². The summed E-state index contributed by atoms with van der Waals surface area (Å²) in [5.74, 6) is -0.134. The molecule has 0 radical (unpaired) electrons. The summed E-state index contributed by atoms with van der Waals surface area (Å²) in [5, 5.41) is 5.15. The van der Waals surface area contributed by atoms with Crippen molar-refractivity contribution in [3.63, 3.8) is 0 Å². The van der Waals surface area contributed by atoms with Crippen molar-refractivity contribution in [2.45, 2.75) is 64.6 Å². The zero-order valence-corrected chi connectivity index (χ0v) is 19.6. The molecule has 33 heavy (non-hydrogen) atoms. The van der Waals surface area contributed by atoms with Crippen LogP contribution in [0.15, 0.2) is 36.4 Å². The van der Waals surface area contributed by atoms with Crippen LogP contribution < -0.4 is 20.1 Å². The number of benzene rings is 1. The van der Waals surface area contributed by atoms with Crippen LogP contribution in [0.1, 0.15) is 57.4 Å². The second kappa shape index (κ2) is 13.6. The minimum Gasteiger partial charge on any atom is -0.481 e. The molecule has 0 atom stereocenters. The van der Waals surface area contributed by atoms with Gasteiger partial charge in [0.2, 0.25) is 11.8 Å². The second-order valence-electron chi connectivity index (χ2n) is 7.90. The number of methoxy groups -OCH3 is 2. The van der Waals surface area contributed by atoms with Gasteiger partial charge in [0.1, 0.15) is 5.69 Å². The Labute approximate surface area is 193 Å². The van der Waals surface area contributed by atoms with E-state index in [9.17, 15) is 13.6 Å². The lowest BCUT2D eigenvalue weighted by atomic mass is 9.98. The van der Waals surface area contributed by atoms with Gasteiger partial charge in [0.15, 0.2) is 0 Å². The number of para-hydroxylation sites is 1. The number of amides is 2. The predicted molar refractivity (Wildman–Crippen MR) is 124 cm³/mol. The van der Waals surface area contributed by atoms with Crippen LogP contribution in [-0.4, -0.2) is 38.0 Å².